The fourth-order valence-electron chi connectivity index (χ4n) is 3.69. The van der Waals surface area contributed by atoms with Gasteiger partial charge < -0.3 is 0 Å². The molecule has 1 spiro atoms. The Morgan fingerprint density at radius 1 is 1.14 bits per heavy atom. The van der Waals surface area contributed by atoms with Gasteiger partial charge in [0.05, 0.1) is 6.07 Å². The number of hydrogen-bond donors (Lipinski definition) is 1. The summed E-state index contributed by atoms with van der Waals surface area (Å²) in [6.45, 7) is 3.04. The van der Waals surface area contributed by atoms with Crippen LogP contribution in [0.25, 0.3) is 0 Å². The average molecular weight is 192 g/mol. The van der Waals surface area contributed by atoms with E-state index >= 15 is 0 Å². The second kappa shape index (κ2) is 3.55. The van der Waals surface area contributed by atoms with E-state index in [0.717, 1.165) is 13.0 Å². The van der Waals surface area contributed by atoms with E-state index in [1.54, 1.807) is 0 Å². The van der Waals surface area contributed by atoms with E-state index in [1.165, 1.54) is 38.5 Å². The maximum absolute atomic E-state index is 9.46. The van der Waals surface area contributed by atoms with Crippen LogP contribution in [0.4, 0.5) is 0 Å². The van der Waals surface area contributed by atoms with Crippen molar-refractivity contribution in [2.75, 3.05) is 6.54 Å². The molecule has 0 bridgehead atoms. The first-order valence-electron chi connectivity index (χ1n) is 5.95. The highest BCUT2D eigenvalue weighted by Crippen LogP contribution is 2.56. The van der Waals surface area contributed by atoms with E-state index in [0.29, 0.717) is 5.41 Å². The quantitative estimate of drug-likeness (QED) is 0.730. The predicted octanol–water partition coefficient (Wildman–Crippen LogP) is 2.60. The van der Waals surface area contributed by atoms with Crippen LogP contribution in [0.3, 0.4) is 0 Å². The first kappa shape index (κ1) is 9.98. The second-order valence-electron chi connectivity index (χ2n) is 4.89. The van der Waals surface area contributed by atoms with Gasteiger partial charge in [-0.1, -0.05) is 19.8 Å². The molecule has 0 aromatic rings. The minimum Gasteiger partial charge on any atom is -0.299 e. The third kappa shape index (κ3) is 1.19. The Hall–Kier alpha value is -0.550. The molecule has 2 heteroatoms. The van der Waals surface area contributed by atoms with Crippen molar-refractivity contribution < 1.29 is 0 Å². The van der Waals surface area contributed by atoms with E-state index in [9.17, 15) is 5.26 Å². The molecule has 0 aromatic carbocycles. The standard InChI is InChI=1S/C12H20N2/c1-2-14-12(10-13)9-5-8-11(12)6-3-4-7-11/h14H,2-9H2,1H3. The van der Waals surface area contributed by atoms with Crippen LogP contribution < -0.4 is 5.32 Å². The van der Waals surface area contributed by atoms with Crippen molar-refractivity contribution in [2.24, 2.45) is 5.41 Å². The van der Waals surface area contributed by atoms with E-state index in [-0.39, 0.29) is 5.54 Å². The molecule has 1 N–H and O–H groups in total. The number of nitrogens with zero attached hydrogens (tertiary/aromatic N) is 1. The number of hydrogen-bond acceptors (Lipinski definition) is 2. The fourth-order valence-corrected chi connectivity index (χ4v) is 3.69. The van der Waals surface area contributed by atoms with Crippen LogP contribution in [-0.4, -0.2) is 12.1 Å². The average Bonchev–Trinajstić information content (AvgIpc) is 2.78. The molecule has 0 amide bonds. The lowest BCUT2D eigenvalue weighted by atomic mass is 9.71. The SMILES string of the molecule is CCNC1(C#N)CCCC12CCCC2. The molecule has 1 atom stereocenters. The summed E-state index contributed by atoms with van der Waals surface area (Å²) in [5.74, 6) is 0. The molecule has 2 nitrogen and oxygen atoms in total. The molecule has 78 valence electrons. The zero-order valence-corrected chi connectivity index (χ0v) is 9.10. The minimum atomic E-state index is -0.182. The summed E-state index contributed by atoms with van der Waals surface area (Å²) in [4.78, 5) is 0. The van der Waals surface area contributed by atoms with Crippen LogP contribution in [0.5, 0.6) is 0 Å². The van der Waals surface area contributed by atoms with Gasteiger partial charge in [0.15, 0.2) is 0 Å². The molecular weight excluding hydrogens is 172 g/mol. The minimum absolute atomic E-state index is 0.182. The van der Waals surface area contributed by atoms with Crippen LogP contribution in [-0.2, 0) is 0 Å². The van der Waals surface area contributed by atoms with Crippen molar-refractivity contribution in [1.29, 1.82) is 5.26 Å². The van der Waals surface area contributed by atoms with Crippen LogP contribution in [0.2, 0.25) is 0 Å². The summed E-state index contributed by atoms with van der Waals surface area (Å²) in [5, 5.41) is 12.9. The lowest BCUT2D eigenvalue weighted by molar-refractivity contribution is 0.175. The van der Waals surface area contributed by atoms with E-state index < -0.39 is 0 Å². The third-order valence-electron chi connectivity index (χ3n) is 4.34. The normalized spacial score (nSPS) is 34.9. The van der Waals surface area contributed by atoms with Gasteiger partial charge in [-0.15, -0.1) is 0 Å². The first-order valence-corrected chi connectivity index (χ1v) is 5.95. The molecule has 0 aliphatic heterocycles. The van der Waals surface area contributed by atoms with Gasteiger partial charge in [-0.2, -0.15) is 5.26 Å². The van der Waals surface area contributed by atoms with E-state index in [1.807, 2.05) is 0 Å². The molecule has 0 heterocycles. The number of nitrogens with one attached hydrogen (secondary N) is 1. The molecule has 2 fully saturated rings. The van der Waals surface area contributed by atoms with Gasteiger partial charge in [0.25, 0.3) is 0 Å². The topological polar surface area (TPSA) is 35.8 Å². The Morgan fingerprint density at radius 2 is 1.79 bits per heavy atom. The predicted molar refractivity (Wildman–Crippen MR) is 56.8 cm³/mol. The Bertz CT molecular complexity index is 242. The molecule has 14 heavy (non-hydrogen) atoms. The molecule has 0 aromatic heterocycles. The zero-order valence-electron chi connectivity index (χ0n) is 9.10. The van der Waals surface area contributed by atoms with Gasteiger partial charge in [0.1, 0.15) is 5.54 Å². The molecular formula is C12H20N2. The van der Waals surface area contributed by atoms with Gasteiger partial charge in [0, 0.05) is 5.41 Å². The summed E-state index contributed by atoms with van der Waals surface area (Å²) in [7, 11) is 0. The monoisotopic (exact) mass is 192 g/mol. The molecule has 0 saturated heterocycles. The molecule has 2 rings (SSSR count). The van der Waals surface area contributed by atoms with Gasteiger partial charge in [0.2, 0.25) is 0 Å². The van der Waals surface area contributed by atoms with Crippen LogP contribution >= 0.6 is 0 Å². The van der Waals surface area contributed by atoms with Crippen LogP contribution in [0.15, 0.2) is 0 Å². The van der Waals surface area contributed by atoms with Crippen molar-refractivity contribution in [3.63, 3.8) is 0 Å². The maximum atomic E-state index is 9.46. The second-order valence-corrected chi connectivity index (χ2v) is 4.89. The number of rotatable bonds is 2. The molecule has 2 aliphatic carbocycles. The Morgan fingerprint density at radius 3 is 2.36 bits per heavy atom. The molecule has 2 aliphatic rings. The smallest absolute Gasteiger partial charge is 0.112 e. The fraction of sp³-hybridized carbons (Fsp3) is 0.917. The highest BCUT2D eigenvalue weighted by molar-refractivity contribution is 5.21. The van der Waals surface area contributed by atoms with Gasteiger partial charge >= 0.3 is 0 Å². The van der Waals surface area contributed by atoms with Crippen molar-refractivity contribution >= 4 is 0 Å². The summed E-state index contributed by atoms with van der Waals surface area (Å²) in [6.07, 6.45) is 8.77. The van der Waals surface area contributed by atoms with Crippen molar-refractivity contribution in [3.05, 3.63) is 0 Å². The molecule has 0 radical (unpaired) electrons. The molecule has 1 unspecified atom stereocenters. The largest absolute Gasteiger partial charge is 0.299 e. The van der Waals surface area contributed by atoms with Crippen molar-refractivity contribution in [3.8, 4) is 6.07 Å². The Kier molecular flexibility index (Phi) is 2.53. The Balaban J connectivity index is 2.27. The van der Waals surface area contributed by atoms with E-state index in [4.69, 9.17) is 0 Å². The summed E-state index contributed by atoms with van der Waals surface area (Å²) in [6, 6.07) is 2.60. The van der Waals surface area contributed by atoms with Crippen LogP contribution in [0.1, 0.15) is 51.9 Å². The lowest BCUT2D eigenvalue weighted by Gasteiger charge is -2.39. The van der Waals surface area contributed by atoms with Gasteiger partial charge in [-0.25, -0.2) is 0 Å². The Labute approximate surface area is 86.7 Å². The summed E-state index contributed by atoms with van der Waals surface area (Å²) >= 11 is 0. The van der Waals surface area contributed by atoms with Crippen LogP contribution in [0, 0.1) is 16.7 Å². The highest BCUT2D eigenvalue weighted by atomic mass is 15.0. The number of nitriles is 1. The van der Waals surface area contributed by atoms with E-state index in [2.05, 4.69) is 18.3 Å². The summed E-state index contributed by atoms with van der Waals surface area (Å²) < 4.78 is 0. The van der Waals surface area contributed by atoms with Gasteiger partial charge in [-0.3, -0.25) is 5.32 Å². The van der Waals surface area contributed by atoms with Crippen molar-refractivity contribution in [2.45, 2.75) is 57.4 Å². The zero-order chi connectivity index (χ0) is 10.1. The summed E-state index contributed by atoms with van der Waals surface area (Å²) in [5.41, 5.74) is 0.149. The van der Waals surface area contributed by atoms with Gasteiger partial charge in [-0.05, 0) is 38.6 Å². The van der Waals surface area contributed by atoms with Crippen molar-refractivity contribution in [1.82, 2.24) is 5.32 Å². The lowest BCUT2D eigenvalue weighted by Crippen LogP contribution is -2.53. The first-order chi connectivity index (χ1) is 6.79. The highest BCUT2D eigenvalue weighted by Gasteiger charge is 2.55. The third-order valence-corrected chi connectivity index (χ3v) is 4.34. The molecule has 2 saturated carbocycles. The maximum Gasteiger partial charge on any atom is 0.112 e.